The van der Waals surface area contributed by atoms with Crippen molar-refractivity contribution in [2.45, 2.75) is 18.7 Å². The fraction of sp³-hybridized carbons (Fsp3) is 0.174. The normalized spacial score (nSPS) is 10.6. The number of halogens is 1. The number of methoxy groups -OCH3 is 2. The van der Waals surface area contributed by atoms with Crippen LogP contribution < -0.4 is 31.3 Å². The number of rotatable bonds is 8. The summed E-state index contributed by atoms with van der Waals surface area (Å²) in [7, 11) is 3.18. The summed E-state index contributed by atoms with van der Waals surface area (Å²) >= 11 is 7.69. The van der Waals surface area contributed by atoms with E-state index in [0.717, 1.165) is 21.7 Å². The number of ether oxygens (including phenoxy) is 2. The van der Waals surface area contributed by atoms with Crippen molar-refractivity contribution < 1.29 is 9.47 Å². The van der Waals surface area contributed by atoms with E-state index in [1.54, 1.807) is 20.3 Å². The molecule has 0 saturated heterocycles. The number of nitrogens with two attached hydrogens (primary N) is 2. The standard InChI is InChI=1S/C21H22ClN5O2S.C2H6/c1-28-18-9-8-14(13-6-4-3-5-7-13)11-17(18)26-30-19-12-15(21(23)25-27-24)10-16(22)20(19)29-2;1-2/h3-12,26-27H,24H2,1-2H3,(H2,23,25);1-2H3. The van der Waals surface area contributed by atoms with Crippen molar-refractivity contribution in [3.8, 4) is 22.6 Å². The van der Waals surface area contributed by atoms with E-state index < -0.39 is 0 Å². The molecule has 0 heterocycles. The fourth-order valence-electron chi connectivity index (χ4n) is 2.83. The third-order valence-corrected chi connectivity index (χ3v) is 5.40. The zero-order chi connectivity index (χ0) is 23.5. The molecule has 0 amide bonds. The van der Waals surface area contributed by atoms with Crippen molar-refractivity contribution in [1.29, 1.82) is 0 Å². The third-order valence-electron chi connectivity index (χ3n) is 4.27. The molecular weight excluding hydrogens is 446 g/mol. The van der Waals surface area contributed by atoms with E-state index in [1.807, 2.05) is 56.3 Å². The van der Waals surface area contributed by atoms with Crippen molar-refractivity contribution in [3.05, 3.63) is 71.2 Å². The quantitative estimate of drug-likeness (QED) is 0.116. The highest BCUT2D eigenvalue weighted by molar-refractivity contribution is 8.00. The Morgan fingerprint density at radius 2 is 1.69 bits per heavy atom. The highest BCUT2D eigenvalue weighted by Gasteiger charge is 2.15. The van der Waals surface area contributed by atoms with Crippen molar-refractivity contribution in [1.82, 2.24) is 5.53 Å². The third kappa shape index (κ3) is 6.23. The molecule has 6 N–H and O–H groups in total. The molecule has 0 aliphatic heterocycles. The number of anilines is 1. The Balaban J connectivity index is 0.00000176. The van der Waals surface area contributed by atoms with E-state index in [2.05, 4.69) is 27.5 Å². The van der Waals surface area contributed by atoms with Crippen LogP contribution in [0.2, 0.25) is 5.02 Å². The van der Waals surface area contributed by atoms with Gasteiger partial charge in [-0.25, -0.2) is 11.4 Å². The van der Waals surface area contributed by atoms with Crippen molar-refractivity contribution in [2.24, 2.45) is 16.7 Å². The maximum Gasteiger partial charge on any atom is 0.152 e. The fourth-order valence-corrected chi connectivity index (χ4v) is 4.04. The van der Waals surface area contributed by atoms with Gasteiger partial charge >= 0.3 is 0 Å². The number of hydrogen-bond acceptors (Lipinski definition) is 7. The first-order chi connectivity index (χ1) is 15.6. The van der Waals surface area contributed by atoms with Gasteiger partial charge in [-0.3, -0.25) is 0 Å². The van der Waals surface area contributed by atoms with E-state index in [1.165, 1.54) is 11.9 Å². The number of nitrogens with one attached hydrogen (secondary N) is 2. The van der Waals surface area contributed by atoms with Gasteiger partial charge in [-0.15, -0.1) is 5.10 Å². The minimum Gasteiger partial charge on any atom is -0.495 e. The van der Waals surface area contributed by atoms with E-state index in [-0.39, 0.29) is 5.84 Å². The van der Waals surface area contributed by atoms with Gasteiger partial charge in [-0.1, -0.05) is 61.8 Å². The summed E-state index contributed by atoms with van der Waals surface area (Å²) < 4.78 is 14.3. The second-order valence-corrected chi connectivity index (χ2v) is 7.36. The molecule has 32 heavy (non-hydrogen) atoms. The number of nitrogens with zero attached hydrogens (tertiary/aromatic N) is 1. The van der Waals surface area contributed by atoms with Gasteiger partial charge < -0.3 is 19.9 Å². The average Bonchev–Trinajstić information content (AvgIpc) is 2.84. The summed E-state index contributed by atoms with van der Waals surface area (Å²) in [5, 5.41) is 4.20. The van der Waals surface area contributed by atoms with E-state index in [9.17, 15) is 0 Å². The van der Waals surface area contributed by atoms with Gasteiger partial charge in [0, 0.05) is 5.56 Å². The van der Waals surface area contributed by atoms with Crippen LogP contribution in [0.4, 0.5) is 5.69 Å². The highest BCUT2D eigenvalue weighted by Crippen LogP contribution is 2.39. The van der Waals surface area contributed by atoms with Gasteiger partial charge in [0.25, 0.3) is 0 Å². The predicted octanol–water partition coefficient (Wildman–Crippen LogP) is 5.25. The van der Waals surface area contributed by atoms with Gasteiger partial charge in [0.2, 0.25) is 0 Å². The van der Waals surface area contributed by atoms with Gasteiger partial charge in [0.1, 0.15) is 5.75 Å². The molecule has 0 bridgehead atoms. The van der Waals surface area contributed by atoms with Crippen molar-refractivity contribution in [3.63, 3.8) is 0 Å². The van der Waals surface area contributed by atoms with Gasteiger partial charge in [0.15, 0.2) is 11.6 Å². The zero-order valence-corrected chi connectivity index (χ0v) is 20.1. The number of amidine groups is 1. The first kappa shape index (κ1) is 25.2. The zero-order valence-electron chi connectivity index (χ0n) is 18.5. The topological polar surface area (TPSA) is 107 Å². The Bertz CT molecular complexity index is 1050. The lowest BCUT2D eigenvalue weighted by Crippen LogP contribution is -2.23. The average molecular weight is 474 g/mol. The van der Waals surface area contributed by atoms with Crippen LogP contribution in [0.3, 0.4) is 0 Å². The largest absolute Gasteiger partial charge is 0.495 e. The smallest absolute Gasteiger partial charge is 0.152 e. The SMILES string of the molecule is CC.COc1ccc(-c2ccccc2)cc1NSc1cc(/C(N)=N/NN)cc(Cl)c1OC. The van der Waals surface area contributed by atoms with Crippen LogP contribution >= 0.6 is 23.5 Å². The molecule has 0 atom stereocenters. The molecule has 7 nitrogen and oxygen atoms in total. The lowest BCUT2D eigenvalue weighted by molar-refractivity contribution is 0.405. The molecule has 3 aromatic carbocycles. The summed E-state index contributed by atoms with van der Waals surface area (Å²) in [5.74, 6) is 6.65. The number of hydrazine groups is 1. The van der Waals surface area contributed by atoms with E-state index in [0.29, 0.717) is 22.1 Å². The second kappa shape index (κ2) is 12.7. The Labute approximate surface area is 198 Å². The summed E-state index contributed by atoms with van der Waals surface area (Å²) in [6, 6.07) is 19.5. The molecule has 0 spiro atoms. The summed E-state index contributed by atoms with van der Waals surface area (Å²) in [6.07, 6.45) is 0. The minimum absolute atomic E-state index is 0.201. The molecule has 0 aliphatic carbocycles. The van der Waals surface area contributed by atoms with Gasteiger partial charge in [-0.2, -0.15) is 0 Å². The maximum absolute atomic E-state index is 6.37. The molecule has 0 radical (unpaired) electrons. The molecule has 3 rings (SSSR count). The molecule has 3 aromatic rings. The highest BCUT2D eigenvalue weighted by atomic mass is 35.5. The van der Waals surface area contributed by atoms with E-state index in [4.69, 9.17) is 32.7 Å². The van der Waals surface area contributed by atoms with Crippen LogP contribution in [0.1, 0.15) is 19.4 Å². The molecular formula is C23H28ClN5O2S. The van der Waals surface area contributed by atoms with Crippen LogP contribution in [-0.4, -0.2) is 20.1 Å². The van der Waals surface area contributed by atoms with Crippen molar-refractivity contribution in [2.75, 3.05) is 18.9 Å². The Morgan fingerprint density at radius 1 is 0.969 bits per heavy atom. The Morgan fingerprint density at radius 3 is 2.31 bits per heavy atom. The van der Waals surface area contributed by atoms with Crippen LogP contribution in [0.25, 0.3) is 11.1 Å². The number of hydrazone groups is 1. The molecule has 0 saturated carbocycles. The number of hydrogen-bond donors (Lipinski definition) is 4. The Kier molecular flexibility index (Phi) is 10.0. The molecule has 170 valence electrons. The molecule has 9 heteroatoms. The lowest BCUT2D eigenvalue weighted by Gasteiger charge is -2.15. The Hall–Kier alpha value is -3.07. The van der Waals surface area contributed by atoms with Crippen LogP contribution in [0.15, 0.2) is 70.7 Å². The first-order valence-corrected chi connectivity index (χ1v) is 11.1. The summed E-state index contributed by atoms with van der Waals surface area (Å²) in [4.78, 5) is 0.724. The molecule has 0 unspecified atom stereocenters. The molecule has 0 aromatic heterocycles. The van der Waals surface area contributed by atoms with Gasteiger partial charge in [0.05, 0.1) is 29.8 Å². The lowest BCUT2D eigenvalue weighted by atomic mass is 10.1. The van der Waals surface area contributed by atoms with Crippen molar-refractivity contribution >= 4 is 35.1 Å². The number of benzene rings is 3. The first-order valence-electron chi connectivity index (χ1n) is 9.90. The van der Waals surface area contributed by atoms with Gasteiger partial charge in [-0.05, 0) is 47.3 Å². The second-order valence-electron chi connectivity index (χ2n) is 6.10. The summed E-state index contributed by atoms with van der Waals surface area (Å²) in [5.41, 5.74) is 11.7. The van der Waals surface area contributed by atoms with Crippen LogP contribution in [0, 0.1) is 0 Å². The van der Waals surface area contributed by atoms with Crippen LogP contribution in [0.5, 0.6) is 11.5 Å². The minimum atomic E-state index is 0.201. The van der Waals surface area contributed by atoms with Crippen LogP contribution in [-0.2, 0) is 0 Å². The molecule has 0 aliphatic rings. The maximum atomic E-state index is 6.37. The molecule has 0 fully saturated rings. The predicted molar refractivity (Wildman–Crippen MR) is 135 cm³/mol. The van der Waals surface area contributed by atoms with E-state index >= 15 is 0 Å². The summed E-state index contributed by atoms with van der Waals surface area (Å²) in [6.45, 7) is 4.00. The monoisotopic (exact) mass is 473 g/mol.